The summed E-state index contributed by atoms with van der Waals surface area (Å²) < 4.78 is 0. The maximum Gasteiger partial charge on any atom is 0.252 e. The van der Waals surface area contributed by atoms with E-state index in [1.165, 1.54) is 76.7 Å². The number of amides is 2. The van der Waals surface area contributed by atoms with E-state index in [9.17, 15) is 9.59 Å². The number of hydrogen-bond acceptors (Lipinski definition) is 3. The van der Waals surface area contributed by atoms with Gasteiger partial charge in [0.25, 0.3) is 11.8 Å². The monoisotopic (exact) mass is 389 g/mol. The molecule has 0 atom stereocenters. The molecule has 0 unspecified atom stereocenters. The molecule has 0 saturated carbocycles. The number of imide groups is 1. The van der Waals surface area contributed by atoms with Gasteiger partial charge in [-0.2, -0.15) is 0 Å². The van der Waals surface area contributed by atoms with Gasteiger partial charge in [-0.3, -0.25) is 14.9 Å². The summed E-state index contributed by atoms with van der Waals surface area (Å²) in [5.41, 5.74) is 0. The number of carbonyl (C=O) groups is 2. The summed E-state index contributed by atoms with van der Waals surface area (Å²) in [5.74, 6) is -1.25. The summed E-state index contributed by atoms with van der Waals surface area (Å²) in [7, 11) is 0. The zero-order valence-electron chi connectivity index (χ0n) is 17.6. The predicted octanol–water partition coefficient (Wildman–Crippen LogP) is 5.55. The van der Waals surface area contributed by atoms with E-state index < -0.39 is 18.4 Å². The minimum atomic E-state index is -0.707. The van der Waals surface area contributed by atoms with Gasteiger partial charge in [-0.1, -0.05) is 114 Å². The fraction of sp³-hybridized carbons (Fsp3) is 0.583. The molecule has 2 amide bonds. The van der Waals surface area contributed by atoms with Crippen LogP contribution in [0.25, 0.3) is 0 Å². The van der Waals surface area contributed by atoms with Crippen molar-refractivity contribution in [2.75, 3.05) is 6.61 Å². The predicted molar refractivity (Wildman–Crippen MR) is 118 cm³/mol. The topological polar surface area (TPSA) is 66.4 Å². The first-order valence-corrected chi connectivity index (χ1v) is 10.8. The Morgan fingerprint density at radius 2 is 1.21 bits per heavy atom. The van der Waals surface area contributed by atoms with Crippen LogP contribution in [-0.2, 0) is 9.59 Å². The summed E-state index contributed by atoms with van der Waals surface area (Å²) in [6, 6.07) is 0. The molecular weight excluding hydrogens is 350 g/mol. The van der Waals surface area contributed by atoms with Gasteiger partial charge in [-0.25, -0.2) is 0 Å². The lowest BCUT2D eigenvalue weighted by molar-refractivity contribution is -0.129. The van der Waals surface area contributed by atoms with E-state index in [1.54, 1.807) is 12.2 Å². The molecule has 0 aliphatic rings. The number of carbonyl (C=O) groups excluding carboxylic acids is 2. The molecule has 0 rings (SSSR count). The van der Waals surface area contributed by atoms with Gasteiger partial charge < -0.3 is 5.11 Å². The largest absolute Gasteiger partial charge is 0.387 e. The van der Waals surface area contributed by atoms with Crippen molar-refractivity contribution < 1.29 is 14.7 Å². The number of allylic oxidation sites excluding steroid dienone is 7. The third-order valence-corrected chi connectivity index (χ3v) is 4.32. The molecule has 2 N–H and O–H groups in total. The van der Waals surface area contributed by atoms with Gasteiger partial charge in [0.05, 0.1) is 0 Å². The molecule has 4 nitrogen and oxygen atoms in total. The van der Waals surface area contributed by atoms with Crippen LogP contribution in [0.4, 0.5) is 0 Å². The normalized spacial score (nSPS) is 12.1. The van der Waals surface area contributed by atoms with Crippen molar-refractivity contribution in [3.8, 4) is 0 Å². The third kappa shape index (κ3) is 20.4. The van der Waals surface area contributed by atoms with Gasteiger partial charge in [0.15, 0.2) is 0 Å². The molecule has 0 spiro atoms. The van der Waals surface area contributed by atoms with Crippen molar-refractivity contribution in [2.45, 2.75) is 84.0 Å². The Morgan fingerprint density at radius 3 is 1.79 bits per heavy atom. The minimum absolute atomic E-state index is 0.542. The van der Waals surface area contributed by atoms with Crippen LogP contribution >= 0.6 is 0 Å². The summed E-state index contributed by atoms with van der Waals surface area (Å²) in [4.78, 5) is 22.0. The molecule has 0 heterocycles. The van der Waals surface area contributed by atoms with Crippen LogP contribution in [0.1, 0.15) is 84.0 Å². The van der Waals surface area contributed by atoms with E-state index in [-0.39, 0.29) is 0 Å². The molecule has 0 aromatic carbocycles. The fourth-order valence-electron chi connectivity index (χ4n) is 2.72. The second kappa shape index (κ2) is 21.4. The van der Waals surface area contributed by atoms with Crippen LogP contribution in [0.15, 0.2) is 48.6 Å². The van der Waals surface area contributed by atoms with Gasteiger partial charge in [0.2, 0.25) is 0 Å². The van der Waals surface area contributed by atoms with Crippen molar-refractivity contribution >= 4 is 11.8 Å². The van der Waals surface area contributed by atoms with E-state index in [0.717, 1.165) is 6.42 Å². The Bertz CT molecular complexity index is 504. The molecule has 158 valence electrons. The molecule has 28 heavy (non-hydrogen) atoms. The second-order valence-electron chi connectivity index (χ2n) is 6.95. The van der Waals surface area contributed by atoms with Gasteiger partial charge in [0.1, 0.15) is 6.61 Å². The lowest BCUT2D eigenvalue weighted by atomic mass is 10.1. The number of unbranched alkanes of at least 4 members (excludes halogenated alkanes) is 11. The second-order valence-corrected chi connectivity index (χ2v) is 6.95. The van der Waals surface area contributed by atoms with E-state index in [4.69, 9.17) is 5.11 Å². The quantitative estimate of drug-likeness (QED) is 0.195. The summed E-state index contributed by atoms with van der Waals surface area (Å²) >= 11 is 0. The first kappa shape index (κ1) is 26.1. The average molecular weight is 390 g/mol. The first-order chi connectivity index (χ1) is 13.7. The molecule has 0 aliphatic carbocycles. The average Bonchev–Trinajstić information content (AvgIpc) is 2.69. The Morgan fingerprint density at radius 1 is 0.714 bits per heavy atom. The van der Waals surface area contributed by atoms with E-state index in [2.05, 4.69) is 13.0 Å². The van der Waals surface area contributed by atoms with E-state index >= 15 is 0 Å². The molecule has 0 saturated heterocycles. The molecule has 4 heteroatoms. The SMILES string of the molecule is CCCCCCCCCCCCCC=CC=CC=CC=CC(=O)NC(=O)CO. The number of nitrogens with one attached hydrogen (secondary N) is 1. The highest BCUT2D eigenvalue weighted by Crippen LogP contribution is 2.11. The Kier molecular flexibility index (Phi) is 19.9. The van der Waals surface area contributed by atoms with Gasteiger partial charge in [0, 0.05) is 6.08 Å². The van der Waals surface area contributed by atoms with Crippen LogP contribution < -0.4 is 5.32 Å². The van der Waals surface area contributed by atoms with Crippen LogP contribution in [-0.4, -0.2) is 23.5 Å². The van der Waals surface area contributed by atoms with Crippen molar-refractivity contribution in [2.24, 2.45) is 0 Å². The number of hydrogen-bond donors (Lipinski definition) is 2. The lowest BCUT2D eigenvalue weighted by Gasteiger charge is -2.01. The third-order valence-electron chi connectivity index (χ3n) is 4.32. The fourth-order valence-corrected chi connectivity index (χ4v) is 2.72. The van der Waals surface area contributed by atoms with Crippen molar-refractivity contribution in [3.63, 3.8) is 0 Å². The van der Waals surface area contributed by atoms with Gasteiger partial charge >= 0.3 is 0 Å². The molecular formula is C24H39NO3. The van der Waals surface area contributed by atoms with Crippen LogP contribution in [0.2, 0.25) is 0 Å². The van der Waals surface area contributed by atoms with Gasteiger partial charge in [-0.15, -0.1) is 0 Å². The molecule has 0 aromatic rings. The highest BCUT2D eigenvalue weighted by Gasteiger charge is 2.00. The minimum Gasteiger partial charge on any atom is -0.387 e. The Hall–Kier alpha value is -1.94. The van der Waals surface area contributed by atoms with Crippen LogP contribution in [0.5, 0.6) is 0 Å². The molecule has 0 aliphatic heterocycles. The standard InChI is InChI=1S/C24H39NO3/c1-2-3-4-5-6-7-8-9-10-11-12-13-14-15-16-17-18-19-20-21-23(27)25-24(28)22-26/h14-21,26H,2-13,22H2,1H3,(H,25,27,28). The lowest BCUT2D eigenvalue weighted by Crippen LogP contribution is -2.31. The van der Waals surface area contributed by atoms with E-state index in [1.807, 2.05) is 29.6 Å². The highest BCUT2D eigenvalue weighted by atomic mass is 16.3. The zero-order valence-corrected chi connectivity index (χ0v) is 17.6. The van der Waals surface area contributed by atoms with Crippen LogP contribution in [0, 0.1) is 0 Å². The van der Waals surface area contributed by atoms with Crippen molar-refractivity contribution in [1.82, 2.24) is 5.32 Å². The Balaban J connectivity index is 3.49. The zero-order chi connectivity index (χ0) is 20.7. The van der Waals surface area contributed by atoms with Gasteiger partial charge in [-0.05, 0) is 12.8 Å². The summed E-state index contributed by atoms with van der Waals surface area (Å²) in [6.45, 7) is 1.57. The summed E-state index contributed by atoms with van der Waals surface area (Å²) in [6.07, 6.45) is 30.5. The molecule has 0 fully saturated rings. The molecule has 0 bridgehead atoms. The smallest absolute Gasteiger partial charge is 0.252 e. The maximum absolute atomic E-state index is 11.2. The van der Waals surface area contributed by atoms with E-state index in [0.29, 0.717) is 0 Å². The maximum atomic E-state index is 11.2. The van der Waals surface area contributed by atoms with Crippen LogP contribution in [0.3, 0.4) is 0 Å². The number of aliphatic hydroxyl groups is 1. The Labute approximate surface area is 171 Å². The number of aliphatic hydroxyl groups excluding tert-OH is 1. The summed E-state index contributed by atoms with van der Waals surface area (Å²) in [5, 5.41) is 10.5. The van der Waals surface area contributed by atoms with Crippen molar-refractivity contribution in [1.29, 1.82) is 0 Å². The number of rotatable bonds is 17. The van der Waals surface area contributed by atoms with Crippen molar-refractivity contribution in [3.05, 3.63) is 48.6 Å². The first-order valence-electron chi connectivity index (χ1n) is 10.8. The molecule has 0 radical (unpaired) electrons. The molecule has 0 aromatic heterocycles. The highest BCUT2D eigenvalue weighted by molar-refractivity contribution is 6.01.